The number of nitrogens with zero attached hydrogens (tertiary/aromatic N) is 8. The number of ether oxygens (including phenoxy) is 2. The van der Waals surface area contributed by atoms with E-state index >= 15 is 0 Å². The molecule has 2 aliphatic heterocycles. The number of benzene rings is 4. The quantitative estimate of drug-likeness (QED) is 0.146. The van der Waals surface area contributed by atoms with Crippen molar-refractivity contribution in [2.24, 2.45) is 21.8 Å². The molecule has 2 aliphatic rings. The fourth-order valence-electron chi connectivity index (χ4n) is 7.03. The smallest absolute Gasteiger partial charge is 0.224 e. The second-order valence-electron chi connectivity index (χ2n) is 15.3. The number of hydrogen-bond donors (Lipinski definition) is 2. The molecular weight excluding hydrogens is 827 g/mol. The third kappa shape index (κ3) is 9.41. The standard InChI is InChI=1S/C23H24ClN5O2.C22H22ClN5O2.CH4/c1-13(2)11-20(30)25-22-23-28-27-14(3)29(23)19-10-9-17(31-4)12-18(19)21(26-22)15-5-7-16(24)8-6-15;1-12(2)22(29)25-20-21-27-26-13(3)28(21)18-10-9-16(30-4)11-17(18)19(24-20)14-5-7-15(23)8-6-14;/h5-10,12-13,22H,11H2,1-4H3,(H,25,30);5-12,20H,1-4H3,(H,25,29);1H4/t22-;20-;/m10./s1. The van der Waals surface area contributed by atoms with Gasteiger partial charge in [-0.05, 0) is 80.4 Å². The molecule has 2 aromatic heterocycles. The minimum absolute atomic E-state index is 0. The van der Waals surface area contributed by atoms with Crippen molar-refractivity contribution in [3.8, 4) is 22.9 Å². The highest BCUT2D eigenvalue weighted by atomic mass is 35.5. The predicted octanol–water partition coefficient (Wildman–Crippen LogP) is 8.75. The van der Waals surface area contributed by atoms with Crippen molar-refractivity contribution in [1.29, 1.82) is 0 Å². The summed E-state index contributed by atoms with van der Waals surface area (Å²) in [6.07, 6.45) is -0.974. The van der Waals surface area contributed by atoms with Gasteiger partial charge >= 0.3 is 0 Å². The minimum Gasteiger partial charge on any atom is -0.497 e. The minimum atomic E-state index is -0.690. The Hall–Kier alpha value is -6.38. The first-order valence-corrected chi connectivity index (χ1v) is 20.5. The lowest BCUT2D eigenvalue weighted by Gasteiger charge is -2.15. The first kappa shape index (κ1) is 45.2. The molecule has 2 atom stereocenters. The molecule has 0 saturated heterocycles. The van der Waals surface area contributed by atoms with Crippen molar-refractivity contribution in [2.45, 2.75) is 67.7 Å². The van der Waals surface area contributed by atoms with Crippen LogP contribution in [-0.4, -0.2) is 67.0 Å². The first-order chi connectivity index (χ1) is 29.3. The van der Waals surface area contributed by atoms with Gasteiger partial charge in [0.15, 0.2) is 24.0 Å². The number of fused-ring (bicyclic) bond motifs is 6. The summed E-state index contributed by atoms with van der Waals surface area (Å²) in [5.74, 6) is 3.76. The summed E-state index contributed by atoms with van der Waals surface area (Å²) in [7, 11) is 3.25. The number of methoxy groups -OCH3 is 2. The summed E-state index contributed by atoms with van der Waals surface area (Å²) < 4.78 is 14.8. The van der Waals surface area contributed by atoms with Gasteiger partial charge in [0, 0.05) is 44.6 Å². The molecule has 62 heavy (non-hydrogen) atoms. The number of hydrogen-bond acceptors (Lipinski definition) is 10. The van der Waals surface area contributed by atoms with Gasteiger partial charge in [-0.3, -0.25) is 28.7 Å². The molecule has 322 valence electrons. The molecule has 16 heteroatoms. The number of carbonyl (C=O) groups is 2. The maximum absolute atomic E-state index is 12.6. The zero-order valence-corrected chi connectivity index (χ0v) is 36.6. The summed E-state index contributed by atoms with van der Waals surface area (Å²) in [6, 6.07) is 26.5. The van der Waals surface area contributed by atoms with Gasteiger partial charge in [0.05, 0.1) is 37.0 Å². The van der Waals surface area contributed by atoms with Gasteiger partial charge in [-0.2, -0.15) is 0 Å². The number of halogens is 2. The average Bonchev–Trinajstić information content (AvgIpc) is 3.74. The zero-order valence-electron chi connectivity index (χ0n) is 35.1. The highest BCUT2D eigenvalue weighted by Crippen LogP contribution is 2.34. The predicted molar refractivity (Wildman–Crippen MR) is 242 cm³/mol. The Balaban J connectivity index is 0.000000204. The van der Waals surface area contributed by atoms with Crippen LogP contribution in [0.3, 0.4) is 0 Å². The molecule has 8 rings (SSSR count). The van der Waals surface area contributed by atoms with E-state index in [0.29, 0.717) is 62.7 Å². The molecule has 4 aromatic carbocycles. The summed E-state index contributed by atoms with van der Waals surface area (Å²) in [5, 5.41) is 24.5. The third-order valence-electron chi connectivity index (χ3n) is 10.0. The topological polar surface area (TPSA) is 163 Å². The van der Waals surface area contributed by atoms with Gasteiger partial charge < -0.3 is 20.1 Å². The van der Waals surface area contributed by atoms with Crippen LogP contribution in [0.2, 0.25) is 10.0 Å². The van der Waals surface area contributed by atoms with E-state index in [0.717, 1.165) is 33.6 Å². The molecule has 6 aromatic rings. The number of amides is 2. The first-order valence-electron chi connectivity index (χ1n) is 19.7. The van der Waals surface area contributed by atoms with Crippen LogP contribution in [0, 0.1) is 25.7 Å². The molecule has 2 N–H and O–H groups in total. The van der Waals surface area contributed by atoms with Gasteiger partial charge in [0.1, 0.15) is 23.1 Å². The molecule has 0 spiro atoms. The molecule has 0 unspecified atom stereocenters. The van der Waals surface area contributed by atoms with E-state index in [1.807, 2.05) is 136 Å². The lowest BCUT2D eigenvalue weighted by atomic mass is 10.00. The molecule has 0 aliphatic carbocycles. The summed E-state index contributed by atoms with van der Waals surface area (Å²) in [5.41, 5.74) is 6.60. The van der Waals surface area contributed by atoms with E-state index < -0.39 is 12.3 Å². The summed E-state index contributed by atoms with van der Waals surface area (Å²) in [6.45, 7) is 11.4. The van der Waals surface area contributed by atoms with Gasteiger partial charge in [-0.1, -0.05) is 82.6 Å². The van der Waals surface area contributed by atoms with E-state index in [-0.39, 0.29) is 31.1 Å². The van der Waals surface area contributed by atoms with Crippen molar-refractivity contribution in [3.05, 3.63) is 141 Å². The normalized spacial score (nSPS) is 14.8. The summed E-state index contributed by atoms with van der Waals surface area (Å²) in [4.78, 5) is 35.1. The maximum Gasteiger partial charge on any atom is 0.224 e. The Kier molecular flexibility index (Phi) is 13.9. The number of aryl methyl sites for hydroxylation is 2. The fraction of sp³-hybridized carbons (Fsp3) is 0.304. The Labute approximate surface area is 371 Å². The van der Waals surface area contributed by atoms with Crippen molar-refractivity contribution in [1.82, 2.24) is 40.2 Å². The van der Waals surface area contributed by atoms with Gasteiger partial charge in [0.25, 0.3) is 0 Å². The molecule has 4 heterocycles. The van der Waals surface area contributed by atoms with E-state index in [4.69, 9.17) is 42.7 Å². The van der Waals surface area contributed by atoms with Crippen molar-refractivity contribution in [2.75, 3.05) is 14.2 Å². The lowest BCUT2D eigenvalue weighted by molar-refractivity contribution is -0.125. The number of aliphatic imine (C=N–C) groups is 2. The Morgan fingerprint density at radius 3 is 1.45 bits per heavy atom. The Morgan fingerprint density at radius 2 is 1.06 bits per heavy atom. The number of aromatic nitrogens is 6. The van der Waals surface area contributed by atoms with E-state index in [1.54, 1.807) is 14.2 Å². The van der Waals surface area contributed by atoms with Crippen LogP contribution in [0.25, 0.3) is 11.4 Å². The van der Waals surface area contributed by atoms with Crippen LogP contribution in [0.1, 0.15) is 99.4 Å². The van der Waals surface area contributed by atoms with Crippen molar-refractivity contribution in [3.63, 3.8) is 0 Å². The van der Waals surface area contributed by atoms with Crippen LogP contribution < -0.4 is 20.1 Å². The molecule has 0 fully saturated rings. The van der Waals surface area contributed by atoms with E-state index in [1.165, 1.54) is 0 Å². The van der Waals surface area contributed by atoms with E-state index in [9.17, 15) is 9.59 Å². The molecule has 14 nitrogen and oxygen atoms in total. The van der Waals surface area contributed by atoms with Crippen LogP contribution in [-0.2, 0) is 9.59 Å². The monoisotopic (exact) mass is 876 g/mol. The Bertz CT molecular complexity index is 2650. The van der Waals surface area contributed by atoms with Crippen LogP contribution in [0.5, 0.6) is 11.5 Å². The molecule has 0 bridgehead atoms. The maximum atomic E-state index is 12.6. The van der Waals surface area contributed by atoms with Crippen molar-refractivity contribution < 1.29 is 19.1 Å². The van der Waals surface area contributed by atoms with Crippen LogP contribution >= 0.6 is 23.2 Å². The molecule has 0 radical (unpaired) electrons. The molecule has 0 saturated carbocycles. The average molecular weight is 878 g/mol. The molecule has 2 amide bonds. The van der Waals surface area contributed by atoms with Crippen LogP contribution in [0.4, 0.5) is 0 Å². The van der Waals surface area contributed by atoms with Gasteiger partial charge in [-0.25, -0.2) is 0 Å². The second kappa shape index (κ2) is 19.1. The second-order valence-corrected chi connectivity index (χ2v) is 16.1. The third-order valence-corrected chi connectivity index (χ3v) is 10.5. The van der Waals surface area contributed by atoms with E-state index in [2.05, 4.69) is 31.0 Å². The van der Waals surface area contributed by atoms with Gasteiger partial charge in [-0.15, -0.1) is 20.4 Å². The fourth-order valence-corrected chi connectivity index (χ4v) is 7.28. The number of nitrogens with one attached hydrogen (secondary N) is 2. The Morgan fingerprint density at radius 1 is 0.645 bits per heavy atom. The van der Waals surface area contributed by atoms with Gasteiger partial charge in [0.2, 0.25) is 11.8 Å². The lowest BCUT2D eigenvalue weighted by Crippen LogP contribution is -2.32. The highest BCUT2D eigenvalue weighted by Gasteiger charge is 2.31. The highest BCUT2D eigenvalue weighted by molar-refractivity contribution is 6.31. The van der Waals surface area contributed by atoms with Crippen molar-refractivity contribution >= 4 is 46.4 Å². The number of rotatable bonds is 9. The summed E-state index contributed by atoms with van der Waals surface area (Å²) >= 11 is 12.2. The number of carbonyl (C=O) groups excluding carboxylic acids is 2. The van der Waals surface area contributed by atoms with Crippen LogP contribution in [0.15, 0.2) is 94.9 Å². The largest absolute Gasteiger partial charge is 0.497 e. The zero-order chi connectivity index (χ0) is 43.5. The molecular formula is C46H50Cl2N10O4. The SMILES string of the molecule is C.COc1ccc2c(c1)C(c1ccc(Cl)cc1)=N[C@@H](NC(=O)C(C)C)c1nnc(C)n1-2.COc1ccc2c(c1)C(c1ccc(Cl)cc1)=N[C@@H](NC(=O)CC(C)C)c1nnc(C)n1-2.